The number of rotatable bonds is 5. The van der Waals surface area contributed by atoms with Gasteiger partial charge < -0.3 is 0 Å². The van der Waals surface area contributed by atoms with E-state index in [1.54, 1.807) is 4.72 Å². The lowest BCUT2D eigenvalue weighted by Gasteiger charge is -2.10. The lowest BCUT2D eigenvalue weighted by atomic mass is 10.2. The number of benzene rings is 2. The molecule has 0 radical (unpaired) electrons. The highest BCUT2D eigenvalue weighted by molar-refractivity contribution is 7.89. The van der Waals surface area contributed by atoms with Gasteiger partial charge in [-0.1, -0.05) is 6.07 Å². The maximum atomic E-state index is 13.5. The van der Waals surface area contributed by atoms with Crippen LogP contribution in [-0.2, 0) is 14.8 Å². The fraction of sp³-hybridized carbons (Fsp3) is 0.0667. The summed E-state index contributed by atoms with van der Waals surface area (Å²) in [5.74, 6) is -4.97. The Labute approximate surface area is 146 Å². The first kappa shape index (κ1) is 19.4. The molecule has 0 atom stereocenters. The number of amides is 2. The highest BCUT2D eigenvalue weighted by Crippen LogP contribution is 2.17. The molecule has 0 aliphatic rings. The van der Waals surface area contributed by atoms with E-state index in [0.29, 0.717) is 0 Å². The Kier molecular flexibility index (Phi) is 5.95. The SMILES string of the molecule is O=C(CNS(=O)(=O)c1c(F)cccc1F)NNC(=O)c1ccc(F)cc1. The van der Waals surface area contributed by atoms with Crippen LogP contribution in [0.25, 0.3) is 0 Å². The second-order valence-electron chi connectivity index (χ2n) is 4.88. The Bertz CT molecular complexity index is 913. The molecule has 0 aliphatic carbocycles. The molecule has 0 saturated heterocycles. The molecule has 2 aromatic rings. The summed E-state index contributed by atoms with van der Waals surface area (Å²) < 4.78 is 65.2. The Hall–Kier alpha value is -2.92. The quantitative estimate of drug-likeness (QED) is 0.662. The van der Waals surface area contributed by atoms with Gasteiger partial charge in [-0.05, 0) is 36.4 Å². The Morgan fingerprint density at radius 1 is 0.885 bits per heavy atom. The molecule has 0 aliphatic heterocycles. The number of carbonyl (C=O) groups excluding carboxylic acids is 2. The van der Waals surface area contributed by atoms with Crippen molar-refractivity contribution in [3.05, 3.63) is 65.5 Å². The first-order valence-electron chi connectivity index (χ1n) is 6.99. The van der Waals surface area contributed by atoms with Crippen LogP contribution in [0.2, 0.25) is 0 Å². The van der Waals surface area contributed by atoms with Crippen molar-refractivity contribution in [2.24, 2.45) is 0 Å². The number of hydrogen-bond donors (Lipinski definition) is 3. The average molecular weight is 387 g/mol. The van der Waals surface area contributed by atoms with Crippen molar-refractivity contribution in [2.75, 3.05) is 6.54 Å². The summed E-state index contributed by atoms with van der Waals surface area (Å²) in [6.45, 7) is -0.889. The van der Waals surface area contributed by atoms with Crippen molar-refractivity contribution in [3.63, 3.8) is 0 Å². The van der Waals surface area contributed by atoms with E-state index in [-0.39, 0.29) is 5.56 Å². The predicted octanol–water partition coefficient (Wildman–Crippen LogP) is 0.843. The van der Waals surface area contributed by atoms with E-state index in [2.05, 4.69) is 0 Å². The summed E-state index contributed by atoms with van der Waals surface area (Å²) in [5, 5.41) is 0. The van der Waals surface area contributed by atoms with Crippen LogP contribution in [0.4, 0.5) is 13.2 Å². The lowest BCUT2D eigenvalue weighted by Crippen LogP contribution is -2.46. The zero-order chi connectivity index (χ0) is 19.3. The molecule has 11 heteroatoms. The minimum Gasteiger partial charge on any atom is -0.272 e. The van der Waals surface area contributed by atoms with E-state index in [4.69, 9.17) is 0 Å². The van der Waals surface area contributed by atoms with E-state index >= 15 is 0 Å². The molecular weight excluding hydrogens is 375 g/mol. The molecular formula is C15H12F3N3O4S. The molecule has 2 aromatic carbocycles. The summed E-state index contributed by atoms with van der Waals surface area (Å²) in [6, 6.07) is 6.89. The number of nitrogens with one attached hydrogen (secondary N) is 3. The van der Waals surface area contributed by atoms with Crippen LogP contribution in [0.5, 0.6) is 0 Å². The van der Waals surface area contributed by atoms with Gasteiger partial charge in [0.05, 0.1) is 6.54 Å². The summed E-state index contributed by atoms with van der Waals surface area (Å²) in [5.41, 5.74) is 3.92. The fourth-order valence-electron chi connectivity index (χ4n) is 1.82. The van der Waals surface area contributed by atoms with E-state index < -0.39 is 50.7 Å². The largest absolute Gasteiger partial charge is 0.272 e. The molecule has 7 nitrogen and oxygen atoms in total. The molecule has 3 N–H and O–H groups in total. The molecule has 0 bridgehead atoms. The second-order valence-corrected chi connectivity index (χ2v) is 6.59. The molecule has 138 valence electrons. The summed E-state index contributed by atoms with van der Waals surface area (Å²) in [7, 11) is -4.63. The zero-order valence-electron chi connectivity index (χ0n) is 12.9. The van der Waals surface area contributed by atoms with Crippen LogP contribution in [0.15, 0.2) is 47.4 Å². The summed E-state index contributed by atoms with van der Waals surface area (Å²) >= 11 is 0. The monoisotopic (exact) mass is 387 g/mol. The topological polar surface area (TPSA) is 104 Å². The van der Waals surface area contributed by atoms with Crippen molar-refractivity contribution in [3.8, 4) is 0 Å². The van der Waals surface area contributed by atoms with Crippen molar-refractivity contribution in [1.82, 2.24) is 15.6 Å². The Morgan fingerprint density at radius 2 is 1.46 bits per heavy atom. The van der Waals surface area contributed by atoms with Gasteiger partial charge in [-0.2, -0.15) is 0 Å². The van der Waals surface area contributed by atoms with E-state index in [1.165, 1.54) is 12.1 Å². The van der Waals surface area contributed by atoms with E-state index in [0.717, 1.165) is 30.3 Å². The highest BCUT2D eigenvalue weighted by atomic mass is 32.2. The maximum Gasteiger partial charge on any atom is 0.269 e. The number of carbonyl (C=O) groups is 2. The zero-order valence-corrected chi connectivity index (χ0v) is 13.7. The van der Waals surface area contributed by atoms with Crippen molar-refractivity contribution >= 4 is 21.8 Å². The minimum atomic E-state index is -4.63. The number of hydrazine groups is 1. The third kappa shape index (κ3) is 4.80. The van der Waals surface area contributed by atoms with Crippen LogP contribution >= 0.6 is 0 Å². The maximum absolute atomic E-state index is 13.5. The molecule has 0 spiro atoms. The van der Waals surface area contributed by atoms with Gasteiger partial charge in [0, 0.05) is 5.56 Å². The van der Waals surface area contributed by atoms with Crippen LogP contribution in [0, 0.1) is 17.5 Å². The minimum absolute atomic E-state index is 0.0423. The van der Waals surface area contributed by atoms with E-state index in [1.807, 2.05) is 10.9 Å². The number of halogens is 3. The fourth-order valence-corrected chi connectivity index (χ4v) is 2.93. The lowest BCUT2D eigenvalue weighted by molar-refractivity contribution is -0.120. The van der Waals surface area contributed by atoms with Gasteiger partial charge in [0.1, 0.15) is 17.5 Å². The van der Waals surface area contributed by atoms with Crippen LogP contribution < -0.4 is 15.6 Å². The molecule has 2 amide bonds. The van der Waals surface area contributed by atoms with Gasteiger partial charge in [-0.15, -0.1) is 0 Å². The predicted molar refractivity (Wildman–Crippen MR) is 83.6 cm³/mol. The normalized spacial score (nSPS) is 11.0. The molecule has 0 saturated carbocycles. The Morgan fingerprint density at radius 3 is 2.04 bits per heavy atom. The molecule has 0 aromatic heterocycles. The van der Waals surface area contributed by atoms with Crippen molar-refractivity contribution in [2.45, 2.75) is 4.90 Å². The molecule has 0 unspecified atom stereocenters. The van der Waals surface area contributed by atoms with Gasteiger partial charge in [-0.3, -0.25) is 20.4 Å². The summed E-state index contributed by atoms with van der Waals surface area (Å²) in [4.78, 5) is 22.0. The third-order valence-corrected chi connectivity index (χ3v) is 4.48. The molecule has 26 heavy (non-hydrogen) atoms. The molecule has 0 heterocycles. The molecule has 2 rings (SSSR count). The summed E-state index contributed by atoms with van der Waals surface area (Å²) in [6.07, 6.45) is 0. The number of hydrogen-bond acceptors (Lipinski definition) is 4. The highest BCUT2D eigenvalue weighted by Gasteiger charge is 2.24. The van der Waals surface area contributed by atoms with Gasteiger partial charge >= 0.3 is 0 Å². The number of sulfonamides is 1. The average Bonchev–Trinajstić information content (AvgIpc) is 2.58. The van der Waals surface area contributed by atoms with Gasteiger partial charge in [0.25, 0.3) is 11.8 Å². The third-order valence-electron chi connectivity index (χ3n) is 3.03. The van der Waals surface area contributed by atoms with E-state index in [9.17, 15) is 31.2 Å². The first-order valence-corrected chi connectivity index (χ1v) is 8.47. The van der Waals surface area contributed by atoms with Gasteiger partial charge in [-0.25, -0.2) is 26.3 Å². The van der Waals surface area contributed by atoms with Crippen LogP contribution in [-0.4, -0.2) is 26.8 Å². The first-order chi connectivity index (χ1) is 12.2. The second kappa shape index (κ2) is 7.97. The standard InChI is InChI=1S/C15H12F3N3O4S/c16-10-6-4-9(5-7-10)15(23)21-20-13(22)8-19-26(24,25)14-11(17)2-1-3-12(14)18/h1-7,19H,8H2,(H,20,22)(H,21,23). The van der Waals surface area contributed by atoms with Crippen LogP contribution in [0.1, 0.15) is 10.4 Å². The Balaban J connectivity index is 1.92. The van der Waals surface area contributed by atoms with Crippen molar-refractivity contribution in [1.29, 1.82) is 0 Å². The van der Waals surface area contributed by atoms with Crippen LogP contribution in [0.3, 0.4) is 0 Å². The van der Waals surface area contributed by atoms with Crippen molar-refractivity contribution < 1.29 is 31.2 Å². The van der Waals surface area contributed by atoms with Gasteiger partial charge in [0.2, 0.25) is 10.0 Å². The molecule has 0 fully saturated rings. The smallest absolute Gasteiger partial charge is 0.269 e. The van der Waals surface area contributed by atoms with Gasteiger partial charge in [0.15, 0.2) is 4.90 Å².